The Morgan fingerprint density at radius 3 is 2.75 bits per heavy atom. The molecule has 0 saturated carbocycles. The Hall–Kier alpha value is -0.690. The lowest BCUT2D eigenvalue weighted by Crippen LogP contribution is -2.27. The van der Waals surface area contributed by atoms with Crippen LogP contribution in [-0.4, -0.2) is 20.7 Å². The van der Waals surface area contributed by atoms with E-state index >= 15 is 0 Å². The van der Waals surface area contributed by atoms with Gasteiger partial charge in [-0.1, -0.05) is 11.6 Å². The molecule has 1 aromatic carbocycles. The van der Waals surface area contributed by atoms with Gasteiger partial charge in [0.1, 0.15) is 5.82 Å². The van der Waals surface area contributed by atoms with E-state index in [-0.39, 0.29) is 24.7 Å². The highest BCUT2D eigenvalue weighted by Gasteiger charge is 2.04. The first kappa shape index (κ1) is 13.4. The Labute approximate surface area is 98.6 Å². The number of rotatable bonds is 5. The molecule has 0 spiro atoms. The summed E-state index contributed by atoms with van der Waals surface area (Å²) in [5.74, 6) is -0.567. The van der Waals surface area contributed by atoms with Crippen LogP contribution in [0.2, 0.25) is 5.02 Å². The molecular weight excluding hydrogens is 255 g/mol. The summed E-state index contributed by atoms with van der Waals surface area (Å²) >= 11 is 5.69. The second kappa shape index (κ2) is 5.58. The highest BCUT2D eigenvalue weighted by Crippen LogP contribution is 2.14. The van der Waals surface area contributed by atoms with E-state index in [2.05, 4.69) is 5.32 Å². The van der Waals surface area contributed by atoms with Gasteiger partial charge in [0.2, 0.25) is 10.0 Å². The van der Waals surface area contributed by atoms with Gasteiger partial charge in [-0.15, -0.1) is 0 Å². The number of halogens is 2. The fraction of sp³-hybridized carbons (Fsp3) is 0.333. The van der Waals surface area contributed by atoms with Crippen molar-refractivity contribution in [3.8, 4) is 0 Å². The van der Waals surface area contributed by atoms with Crippen LogP contribution in [0.15, 0.2) is 18.2 Å². The summed E-state index contributed by atoms with van der Waals surface area (Å²) < 4.78 is 34.4. The van der Waals surface area contributed by atoms with Crippen LogP contribution in [0.1, 0.15) is 5.56 Å². The average Bonchev–Trinajstić information content (AvgIpc) is 2.16. The maximum Gasteiger partial charge on any atom is 0.210 e. The van der Waals surface area contributed by atoms with Gasteiger partial charge in [-0.2, -0.15) is 0 Å². The molecule has 3 N–H and O–H groups in total. The van der Waals surface area contributed by atoms with Crippen molar-refractivity contribution in [2.24, 2.45) is 5.14 Å². The van der Waals surface area contributed by atoms with Gasteiger partial charge in [0, 0.05) is 23.7 Å². The van der Waals surface area contributed by atoms with Crippen LogP contribution in [0.25, 0.3) is 0 Å². The molecule has 16 heavy (non-hydrogen) atoms. The van der Waals surface area contributed by atoms with Crippen molar-refractivity contribution in [2.75, 3.05) is 12.3 Å². The van der Waals surface area contributed by atoms with Gasteiger partial charge in [-0.05, 0) is 18.2 Å². The lowest BCUT2D eigenvalue weighted by Gasteiger charge is -2.05. The zero-order valence-electron chi connectivity index (χ0n) is 8.41. The van der Waals surface area contributed by atoms with Crippen LogP contribution < -0.4 is 10.5 Å². The monoisotopic (exact) mass is 266 g/mol. The Morgan fingerprint density at radius 2 is 2.12 bits per heavy atom. The molecule has 90 valence electrons. The molecule has 0 amide bonds. The number of nitrogens with one attached hydrogen (secondary N) is 1. The zero-order chi connectivity index (χ0) is 12.2. The predicted octanol–water partition coefficient (Wildman–Crippen LogP) is 0.857. The Bertz CT molecular complexity index is 465. The molecule has 0 aliphatic rings. The molecule has 0 bridgehead atoms. The number of sulfonamides is 1. The number of benzene rings is 1. The molecule has 1 rings (SSSR count). The van der Waals surface area contributed by atoms with E-state index in [1.54, 1.807) is 0 Å². The van der Waals surface area contributed by atoms with Gasteiger partial charge in [0.05, 0.1) is 5.75 Å². The maximum absolute atomic E-state index is 13.2. The minimum Gasteiger partial charge on any atom is -0.312 e. The first-order valence-electron chi connectivity index (χ1n) is 4.53. The minimum absolute atomic E-state index is 0.171. The maximum atomic E-state index is 13.2. The topological polar surface area (TPSA) is 72.2 Å². The van der Waals surface area contributed by atoms with Gasteiger partial charge in [-0.25, -0.2) is 17.9 Å². The summed E-state index contributed by atoms with van der Waals surface area (Å²) in [6.45, 7) is 0.382. The summed E-state index contributed by atoms with van der Waals surface area (Å²) in [6, 6.07) is 4.20. The van der Waals surface area contributed by atoms with Crippen molar-refractivity contribution < 1.29 is 12.8 Å². The third kappa shape index (κ3) is 4.89. The van der Waals surface area contributed by atoms with Crippen molar-refractivity contribution >= 4 is 21.6 Å². The normalized spacial score (nSPS) is 11.7. The number of primary sulfonamides is 1. The van der Waals surface area contributed by atoms with E-state index in [0.29, 0.717) is 10.6 Å². The lowest BCUT2D eigenvalue weighted by molar-refractivity contribution is 0.583. The van der Waals surface area contributed by atoms with Crippen LogP contribution in [0.5, 0.6) is 0 Å². The van der Waals surface area contributed by atoms with E-state index < -0.39 is 10.0 Å². The molecule has 1 aromatic rings. The molecule has 0 aliphatic carbocycles. The van der Waals surface area contributed by atoms with Crippen LogP contribution in [0.3, 0.4) is 0 Å². The minimum atomic E-state index is -3.48. The van der Waals surface area contributed by atoms with E-state index in [1.807, 2.05) is 0 Å². The van der Waals surface area contributed by atoms with Crippen molar-refractivity contribution in [3.63, 3.8) is 0 Å². The summed E-state index contributed by atoms with van der Waals surface area (Å²) in [6.07, 6.45) is 0. The third-order valence-electron chi connectivity index (χ3n) is 1.89. The molecule has 0 aliphatic heterocycles. The summed E-state index contributed by atoms with van der Waals surface area (Å²) in [5.41, 5.74) is 0.391. The fourth-order valence-electron chi connectivity index (χ4n) is 1.12. The van der Waals surface area contributed by atoms with Gasteiger partial charge < -0.3 is 5.32 Å². The SMILES string of the molecule is NS(=O)(=O)CCNCc1cc(Cl)ccc1F. The number of hydrogen-bond acceptors (Lipinski definition) is 3. The zero-order valence-corrected chi connectivity index (χ0v) is 9.98. The van der Waals surface area contributed by atoms with E-state index in [4.69, 9.17) is 16.7 Å². The van der Waals surface area contributed by atoms with E-state index in [9.17, 15) is 12.8 Å². The van der Waals surface area contributed by atoms with Crippen molar-refractivity contribution in [1.29, 1.82) is 0 Å². The van der Waals surface area contributed by atoms with Gasteiger partial charge in [-0.3, -0.25) is 0 Å². The highest BCUT2D eigenvalue weighted by molar-refractivity contribution is 7.89. The van der Waals surface area contributed by atoms with E-state index in [0.717, 1.165) is 0 Å². The highest BCUT2D eigenvalue weighted by atomic mass is 35.5. The summed E-state index contributed by atoms with van der Waals surface area (Å²) in [5, 5.41) is 8.01. The standard InChI is InChI=1S/C9H12ClFN2O2S/c10-8-1-2-9(11)7(5-8)6-13-3-4-16(12,14)15/h1-2,5,13H,3-4,6H2,(H2,12,14,15). The van der Waals surface area contributed by atoms with Crippen molar-refractivity contribution in [1.82, 2.24) is 5.32 Å². The molecule has 7 heteroatoms. The summed E-state index contributed by atoms with van der Waals surface area (Å²) in [4.78, 5) is 0. The number of nitrogens with two attached hydrogens (primary N) is 1. The van der Waals surface area contributed by atoms with Crippen LogP contribution in [0.4, 0.5) is 4.39 Å². The Kier molecular flexibility index (Phi) is 4.67. The Morgan fingerprint density at radius 1 is 1.44 bits per heavy atom. The van der Waals surface area contributed by atoms with Gasteiger partial charge in [0.25, 0.3) is 0 Å². The largest absolute Gasteiger partial charge is 0.312 e. The quantitative estimate of drug-likeness (QED) is 0.777. The van der Waals surface area contributed by atoms with Gasteiger partial charge >= 0.3 is 0 Å². The van der Waals surface area contributed by atoms with E-state index in [1.165, 1.54) is 18.2 Å². The first-order valence-corrected chi connectivity index (χ1v) is 6.63. The molecule has 0 aromatic heterocycles. The first-order chi connectivity index (χ1) is 7.38. The smallest absolute Gasteiger partial charge is 0.210 e. The Balaban J connectivity index is 2.46. The molecule has 4 nitrogen and oxygen atoms in total. The average molecular weight is 267 g/mol. The lowest BCUT2D eigenvalue weighted by atomic mass is 10.2. The second-order valence-corrected chi connectivity index (χ2v) is 5.45. The summed E-state index contributed by atoms with van der Waals surface area (Å²) in [7, 11) is -3.48. The van der Waals surface area contributed by atoms with Crippen molar-refractivity contribution in [2.45, 2.75) is 6.54 Å². The second-order valence-electron chi connectivity index (χ2n) is 3.28. The molecule has 0 radical (unpaired) electrons. The van der Waals surface area contributed by atoms with Crippen LogP contribution in [0, 0.1) is 5.82 Å². The third-order valence-corrected chi connectivity index (χ3v) is 2.89. The fourth-order valence-corrected chi connectivity index (χ4v) is 1.74. The molecule has 0 fully saturated rings. The van der Waals surface area contributed by atoms with Gasteiger partial charge in [0.15, 0.2) is 0 Å². The molecule has 0 atom stereocenters. The molecule has 0 unspecified atom stereocenters. The van der Waals surface area contributed by atoms with Crippen LogP contribution in [-0.2, 0) is 16.6 Å². The molecule has 0 heterocycles. The number of hydrogen-bond donors (Lipinski definition) is 2. The molecule has 0 saturated heterocycles. The molecular formula is C9H12ClFN2O2S. The van der Waals surface area contributed by atoms with Crippen molar-refractivity contribution in [3.05, 3.63) is 34.6 Å². The predicted molar refractivity (Wildman–Crippen MR) is 61.1 cm³/mol. The van der Waals surface area contributed by atoms with Crippen LogP contribution >= 0.6 is 11.6 Å².